The van der Waals surface area contributed by atoms with Crippen LogP contribution in [0.25, 0.3) is 0 Å². The summed E-state index contributed by atoms with van der Waals surface area (Å²) in [4.78, 5) is 15.5. The fourth-order valence-electron chi connectivity index (χ4n) is 1.14. The molecule has 1 heterocycles. The Kier molecular flexibility index (Phi) is 8.83. The zero-order valence-corrected chi connectivity index (χ0v) is 11.9. The van der Waals surface area contributed by atoms with E-state index in [-0.39, 0.29) is 36.3 Å². The van der Waals surface area contributed by atoms with Gasteiger partial charge in [0.25, 0.3) is 0 Å². The van der Waals surface area contributed by atoms with Gasteiger partial charge in [-0.1, -0.05) is 0 Å². The highest BCUT2D eigenvalue weighted by molar-refractivity contribution is 7.09. The van der Waals surface area contributed by atoms with Crippen LogP contribution in [0.2, 0.25) is 0 Å². The molecule has 0 radical (unpaired) electrons. The Morgan fingerprint density at radius 1 is 1.50 bits per heavy atom. The van der Waals surface area contributed by atoms with E-state index in [0.717, 1.165) is 5.01 Å². The van der Waals surface area contributed by atoms with Gasteiger partial charge in [0.15, 0.2) is 0 Å². The second-order valence-electron chi connectivity index (χ2n) is 3.54. The summed E-state index contributed by atoms with van der Waals surface area (Å²) < 4.78 is 0. The summed E-state index contributed by atoms with van der Waals surface area (Å²) in [7, 11) is 1.75. The number of aromatic nitrogens is 1. The molecule has 0 aliphatic rings. The van der Waals surface area contributed by atoms with Gasteiger partial charge >= 0.3 is 0 Å². The van der Waals surface area contributed by atoms with Crippen LogP contribution in [-0.4, -0.2) is 24.5 Å². The molecule has 94 valence electrons. The first kappa shape index (κ1) is 18.0. The van der Waals surface area contributed by atoms with E-state index >= 15 is 0 Å². The number of thiazole rings is 1. The average Bonchev–Trinajstić information content (AvgIpc) is 2.54. The molecule has 7 heteroatoms. The summed E-state index contributed by atoms with van der Waals surface area (Å²) in [6.07, 6.45) is 1.74. The topological polar surface area (TPSA) is 54.0 Å². The molecule has 4 nitrogen and oxygen atoms in total. The number of rotatable bonds is 4. The lowest BCUT2D eigenvalue weighted by Gasteiger charge is -2.23. The summed E-state index contributed by atoms with van der Waals surface area (Å²) in [5, 5.41) is 8.53. The standard InChI is InChI=1S/C9H15N3OS.2ClH/c1-9(2,8-11-4-5-14-8)12-7(13)6-10-3;;/h4-5,10H,6H2,1-3H3,(H,12,13);2*1H. The number of nitrogens with zero attached hydrogens (tertiary/aromatic N) is 1. The van der Waals surface area contributed by atoms with E-state index in [1.54, 1.807) is 24.6 Å². The van der Waals surface area contributed by atoms with E-state index in [2.05, 4.69) is 15.6 Å². The molecule has 2 N–H and O–H groups in total. The third kappa shape index (κ3) is 5.12. The van der Waals surface area contributed by atoms with Crippen molar-refractivity contribution in [3.8, 4) is 0 Å². The molecule has 1 aromatic heterocycles. The molecular weight excluding hydrogens is 269 g/mol. The van der Waals surface area contributed by atoms with Crippen molar-refractivity contribution in [3.63, 3.8) is 0 Å². The van der Waals surface area contributed by atoms with Gasteiger partial charge in [0, 0.05) is 11.6 Å². The first-order valence-electron chi connectivity index (χ1n) is 4.42. The van der Waals surface area contributed by atoms with Crippen LogP contribution >= 0.6 is 36.2 Å². The van der Waals surface area contributed by atoms with E-state index < -0.39 is 0 Å². The Balaban J connectivity index is 0. The van der Waals surface area contributed by atoms with Crippen molar-refractivity contribution >= 4 is 42.1 Å². The van der Waals surface area contributed by atoms with Crippen LogP contribution in [-0.2, 0) is 10.3 Å². The van der Waals surface area contributed by atoms with Crippen molar-refractivity contribution in [3.05, 3.63) is 16.6 Å². The maximum atomic E-state index is 11.4. The van der Waals surface area contributed by atoms with Crippen molar-refractivity contribution in [2.24, 2.45) is 0 Å². The predicted molar refractivity (Wildman–Crippen MR) is 71.7 cm³/mol. The summed E-state index contributed by atoms with van der Waals surface area (Å²) in [5.41, 5.74) is -0.387. The molecule has 0 bridgehead atoms. The van der Waals surface area contributed by atoms with Crippen LogP contribution in [0.4, 0.5) is 0 Å². The van der Waals surface area contributed by atoms with Gasteiger partial charge in [0.05, 0.1) is 12.1 Å². The van der Waals surface area contributed by atoms with Crippen LogP contribution < -0.4 is 10.6 Å². The van der Waals surface area contributed by atoms with Gasteiger partial charge in [0.1, 0.15) is 5.01 Å². The number of carbonyl (C=O) groups is 1. The van der Waals surface area contributed by atoms with Crippen molar-refractivity contribution < 1.29 is 4.79 Å². The highest BCUT2D eigenvalue weighted by Crippen LogP contribution is 2.21. The molecule has 0 aliphatic carbocycles. The normalized spacial score (nSPS) is 9.94. The summed E-state index contributed by atoms with van der Waals surface area (Å²) in [5.74, 6) is -0.0206. The first-order chi connectivity index (χ1) is 6.56. The Labute approximate surface area is 112 Å². The fraction of sp³-hybridized carbons (Fsp3) is 0.556. The fourth-order valence-corrected chi connectivity index (χ4v) is 1.86. The number of amides is 1. The van der Waals surface area contributed by atoms with Crippen LogP contribution in [0.5, 0.6) is 0 Å². The predicted octanol–water partition coefficient (Wildman–Crippen LogP) is 1.56. The van der Waals surface area contributed by atoms with Gasteiger partial charge in [-0.3, -0.25) is 4.79 Å². The number of nitrogens with one attached hydrogen (secondary N) is 2. The van der Waals surface area contributed by atoms with Crippen LogP contribution in [0.3, 0.4) is 0 Å². The zero-order chi connectivity index (χ0) is 10.6. The second-order valence-corrected chi connectivity index (χ2v) is 4.44. The summed E-state index contributed by atoms with van der Waals surface area (Å²) in [6, 6.07) is 0. The van der Waals surface area contributed by atoms with E-state index in [9.17, 15) is 4.79 Å². The Morgan fingerprint density at radius 3 is 2.56 bits per heavy atom. The lowest BCUT2D eigenvalue weighted by molar-refractivity contribution is -0.121. The largest absolute Gasteiger partial charge is 0.344 e. The Bertz CT molecular complexity index is 304. The maximum Gasteiger partial charge on any atom is 0.234 e. The Hall–Kier alpha value is -0.360. The van der Waals surface area contributed by atoms with Crippen molar-refractivity contribution in [2.75, 3.05) is 13.6 Å². The van der Waals surface area contributed by atoms with Crippen LogP contribution in [0.1, 0.15) is 18.9 Å². The third-order valence-corrected chi connectivity index (χ3v) is 2.85. The summed E-state index contributed by atoms with van der Waals surface area (Å²) in [6.45, 7) is 4.22. The minimum Gasteiger partial charge on any atom is -0.344 e. The van der Waals surface area contributed by atoms with E-state index in [4.69, 9.17) is 0 Å². The lowest BCUT2D eigenvalue weighted by atomic mass is 10.1. The van der Waals surface area contributed by atoms with E-state index in [1.807, 2.05) is 19.2 Å². The molecular formula is C9H17Cl2N3OS. The average molecular weight is 286 g/mol. The SMILES string of the molecule is CNCC(=O)NC(C)(C)c1nccs1.Cl.Cl. The monoisotopic (exact) mass is 285 g/mol. The molecule has 0 fully saturated rings. The lowest BCUT2D eigenvalue weighted by Crippen LogP contribution is -2.44. The second kappa shape index (κ2) is 7.84. The minimum atomic E-state index is -0.387. The molecule has 0 atom stereocenters. The summed E-state index contributed by atoms with van der Waals surface area (Å²) >= 11 is 1.54. The van der Waals surface area contributed by atoms with Gasteiger partial charge in [-0.05, 0) is 20.9 Å². The maximum absolute atomic E-state index is 11.4. The van der Waals surface area contributed by atoms with Gasteiger partial charge < -0.3 is 10.6 Å². The molecule has 0 saturated carbocycles. The number of carbonyl (C=O) groups excluding carboxylic acids is 1. The van der Waals surface area contributed by atoms with Crippen molar-refractivity contribution in [1.29, 1.82) is 0 Å². The van der Waals surface area contributed by atoms with Gasteiger partial charge in [-0.25, -0.2) is 4.98 Å². The molecule has 0 aliphatic heterocycles. The molecule has 0 unspecified atom stereocenters. The van der Waals surface area contributed by atoms with E-state index in [0.29, 0.717) is 6.54 Å². The molecule has 16 heavy (non-hydrogen) atoms. The third-order valence-electron chi connectivity index (χ3n) is 1.76. The smallest absolute Gasteiger partial charge is 0.234 e. The van der Waals surface area contributed by atoms with Crippen LogP contribution in [0, 0.1) is 0 Å². The zero-order valence-electron chi connectivity index (χ0n) is 9.44. The van der Waals surface area contributed by atoms with Gasteiger partial charge in [-0.15, -0.1) is 36.2 Å². The highest BCUT2D eigenvalue weighted by atomic mass is 35.5. The van der Waals surface area contributed by atoms with Crippen LogP contribution in [0.15, 0.2) is 11.6 Å². The number of hydrogen-bond acceptors (Lipinski definition) is 4. The highest BCUT2D eigenvalue weighted by Gasteiger charge is 2.24. The molecule has 0 saturated heterocycles. The molecule has 1 rings (SSSR count). The van der Waals surface area contributed by atoms with Gasteiger partial charge in [0.2, 0.25) is 5.91 Å². The molecule has 0 aromatic carbocycles. The van der Waals surface area contributed by atoms with Crippen molar-refractivity contribution in [1.82, 2.24) is 15.6 Å². The van der Waals surface area contributed by atoms with Crippen molar-refractivity contribution in [2.45, 2.75) is 19.4 Å². The molecule has 1 aromatic rings. The quantitative estimate of drug-likeness (QED) is 0.883. The minimum absolute atomic E-state index is 0. The number of hydrogen-bond donors (Lipinski definition) is 2. The Morgan fingerprint density at radius 2 is 2.12 bits per heavy atom. The molecule has 0 spiro atoms. The van der Waals surface area contributed by atoms with E-state index in [1.165, 1.54) is 0 Å². The molecule has 1 amide bonds. The number of likely N-dealkylation sites (N-methyl/N-ethyl adjacent to an activating group) is 1. The van der Waals surface area contributed by atoms with Gasteiger partial charge in [-0.2, -0.15) is 0 Å². The first-order valence-corrected chi connectivity index (χ1v) is 5.30. The number of halogens is 2.